The highest BCUT2D eigenvalue weighted by molar-refractivity contribution is 7.94. The average molecular weight is 415 g/mol. The van der Waals surface area contributed by atoms with Crippen LogP contribution in [-0.4, -0.2) is 45.3 Å². The number of para-hydroxylation sites is 1. The Morgan fingerprint density at radius 1 is 1.07 bits per heavy atom. The molecule has 3 rings (SSSR count). The first-order chi connectivity index (χ1) is 13.8. The molecule has 0 radical (unpaired) electrons. The molecule has 0 saturated carbocycles. The van der Waals surface area contributed by atoms with E-state index in [1.165, 1.54) is 11.0 Å². The molecule has 1 atom stereocenters. The predicted molar refractivity (Wildman–Crippen MR) is 108 cm³/mol. The van der Waals surface area contributed by atoms with Gasteiger partial charge in [-0.2, -0.15) is 0 Å². The van der Waals surface area contributed by atoms with Crippen LogP contribution in [0.1, 0.15) is 5.56 Å². The lowest BCUT2D eigenvalue weighted by Gasteiger charge is -2.27. The van der Waals surface area contributed by atoms with Gasteiger partial charge >= 0.3 is 5.97 Å². The second kappa shape index (κ2) is 8.91. The molecule has 29 heavy (non-hydrogen) atoms. The summed E-state index contributed by atoms with van der Waals surface area (Å²) in [7, 11) is -3.36. The zero-order valence-corrected chi connectivity index (χ0v) is 16.7. The summed E-state index contributed by atoms with van der Waals surface area (Å²) in [5, 5.41) is 1.10. The Bertz CT molecular complexity index is 1020. The van der Waals surface area contributed by atoms with Crippen LogP contribution in [0, 0.1) is 6.92 Å². The summed E-state index contributed by atoms with van der Waals surface area (Å²) >= 11 is 0. The zero-order chi connectivity index (χ0) is 20.9. The van der Waals surface area contributed by atoms with Crippen molar-refractivity contribution in [3.8, 4) is 5.75 Å². The van der Waals surface area contributed by atoms with Crippen molar-refractivity contribution in [2.75, 3.05) is 23.9 Å². The van der Waals surface area contributed by atoms with Crippen molar-refractivity contribution in [3.63, 3.8) is 0 Å². The van der Waals surface area contributed by atoms with E-state index in [1.807, 2.05) is 13.0 Å². The van der Waals surface area contributed by atoms with Crippen molar-refractivity contribution >= 4 is 27.4 Å². The van der Waals surface area contributed by atoms with Crippen molar-refractivity contribution in [3.05, 3.63) is 71.6 Å². The second-order valence-corrected chi connectivity index (χ2v) is 8.52. The fourth-order valence-corrected chi connectivity index (χ4v) is 4.20. The van der Waals surface area contributed by atoms with Crippen molar-refractivity contribution < 1.29 is 27.5 Å². The van der Waals surface area contributed by atoms with Crippen LogP contribution in [-0.2, 0) is 24.2 Å². The molecule has 1 amide bonds. The molecule has 1 unspecified atom stereocenters. The number of rotatable bonds is 7. The van der Waals surface area contributed by atoms with Gasteiger partial charge < -0.3 is 14.4 Å². The van der Waals surface area contributed by atoms with Crippen LogP contribution in [0.3, 0.4) is 0 Å². The number of carbonyl (C=O) groups excluding carboxylic acids is 2. The number of aryl methyl sites for hydroxylation is 1. The van der Waals surface area contributed by atoms with Crippen molar-refractivity contribution in [2.24, 2.45) is 0 Å². The Morgan fingerprint density at radius 2 is 1.83 bits per heavy atom. The Morgan fingerprint density at radius 3 is 2.48 bits per heavy atom. The number of benzene rings is 2. The van der Waals surface area contributed by atoms with E-state index in [1.54, 1.807) is 48.5 Å². The van der Waals surface area contributed by atoms with E-state index in [-0.39, 0.29) is 12.4 Å². The highest BCUT2D eigenvalue weighted by Gasteiger charge is 2.31. The first kappa shape index (κ1) is 20.6. The third kappa shape index (κ3) is 5.68. The highest BCUT2D eigenvalue weighted by atomic mass is 32.2. The summed E-state index contributed by atoms with van der Waals surface area (Å²) in [6.45, 7) is 1.05. The lowest BCUT2D eigenvalue weighted by atomic mass is 10.2. The molecule has 0 aromatic heterocycles. The lowest BCUT2D eigenvalue weighted by molar-refractivity contribution is -0.149. The molecule has 0 spiro atoms. The lowest BCUT2D eigenvalue weighted by Crippen LogP contribution is -2.43. The topological polar surface area (TPSA) is 90.0 Å². The minimum Gasteiger partial charge on any atom is -0.482 e. The van der Waals surface area contributed by atoms with Gasteiger partial charge in [-0.15, -0.1) is 0 Å². The van der Waals surface area contributed by atoms with Crippen LogP contribution in [0.5, 0.6) is 5.75 Å². The summed E-state index contributed by atoms with van der Waals surface area (Å²) < 4.78 is 34.0. The molecule has 7 nitrogen and oxygen atoms in total. The molecule has 8 heteroatoms. The van der Waals surface area contributed by atoms with Crippen LogP contribution >= 0.6 is 0 Å². The SMILES string of the molecule is Cc1cccc(OCC(=O)OCC(=O)N(c2ccccc2)C2C=CS(=O)(=O)C2)c1. The Labute approximate surface area is 169 Å². The molecule has 1 aliphatic heterocycles. The summed E-state index contributed by atoms with van der Waals surface area (Å²) in [6, 6.07) is 15.2. The van der Waals surface area contributed by atoms with Gasteiger partial charge in [0.05, 0.1) is 11.8 Å². The maximum absolute atomic E-state index is 12.7. The number of anilines is 1. The number of esters is 1. The molecule has 0 N–H and O–H groups in total. The van der Waals surface area contributed by atoms with Gasteiger partial charge in [0.25, 0.3) is 5.91 Å². The van der Waals surface area contributed by atoms with Gasteiger partial charge in [0.2, 0.25) is 0 Å². The molecule has 0 bridgehead atoms. The van der Waals surface area contributed by atoms with Crippen LogP contribution in [0.4, 0.5) is 5.69 Å². The predicted octanol–water partition coefficient (Wildman–Crippen LogP) is 2.26. The largest absolute Gasteiger partial charge is 0.482 e. The number of carbonyl (C=O) groups is 2. The van der Waals surface area contributed by atoms with Gasteiger partial charge in [0.1, 0.15) is 5.75 Å². The summed E-state index contributed by atoms with van der Waals surface area (Å²) in [5.41, 5.74) is 1.51. The summed E-state index contributed by atoms with van der Waals surface area (Å²) in [4.78, 5) is 26.0. The van der Waals surface area contributed by atoms with Gasteiger partial charge in [-0.1, -0.05) is 30.3 Å². The van der Waals surface area contributed by atoms with Gasteiger partial charge in [-0.25, -0.2) is 13.2 Å². The molecule has 2 aromatic rings. The minimum atomic E-state index is -3.36. The molecular weight excluding hydrogens is 394 g/mol. The van der Waals surface area contributed by atoms with Crippen molar-refractivity contribution in [2.45, 2.75) is 13.0 Å². The fourth-order valence-electron chi connectivity index (χ4n) is 2.93. The van der Waals surface area contributed by atoms with E-state index in [0.717, 1.165) is 11.0 Å². The highest BCUT2D eigenvalue weighted by Crippen LogP contribution is 2.22. The third-order valence-electron chi connectivity index (χ3n) is 4.25. The van der Waals surface area contributed by atoms with Crippen molar-refractivity contribution in [1.29, 1.82) is 0 Å². The van der Waals surface area contributed by atoms with E-state index < -0.39 is 34.4 Å². The minimum absolute atomic E-state index is 0.210. The second-order valence-electron chi connectivity index (χ2n) is 6.59. The van der Waals surface area contributed by atoms with E-state index >= 15 is 0 Å². The smallest absolute Gasteiger partial charge is 0.344 e. The number of amides is 1. The number of hydrogen-bond acceptors (Lipinski definition) is 6. The van der Waals surface area contributed by atoms with Gasteiger partial charge in [-0.3, -0.25) is 4.79 Å². The van der Waals surface area contributed by atoms with Crippen molar-refractivity contribution in [1.82, 2.24) is 0 Å². The zero-order valence-electron chi connectivity index (χ0n) is 15.9. The molecule has 2 aromatic carbocycles. The molecule has 0 aliphatic carbocycles. The maximum Gasteiger partial charge on any atom is 0.344 e. The van der Waals surface area contributed by atoms with E-state index in [2.05, 4.69) is 0 Å². The number of ether oxygens (including phenoxy) is 2. The normalized spacial score (nSPS) is 16.9. The molecule has 0 fully saturated rings. The van der Waals surface area contributed by atoms with Gasteiger partial charge in [0.15, 0.2) is 23.1 Å². The standard InChI is InChI=1S/C21H21NO6S/c1-16-6-5-9-19(12-16)27-14-21(24)28-13-20(23)22(17-7-3-2-4-8-17)18-10-11-29(25,26)15-18/h2-12,18H,13-15H2,1H3. The van der Waals surface area contributed by atoms with Gasteiger partial charge in [0, 0.05) is 11.1 Å². The molecule has 152 valence electrons. The molecule has 1 aliphatic rings. The van der Waals surface area contributed by atoms with E-state index in [0.29, 0.717) is 11.4 Å². The molecular formula is C21H21NO6S. The number of hydrogen-bond donors (Lipinski definition) is 0. The van der Waals surface area contributed by atoms with Crippen LogP contribution in [0.25, 0.3) is 0 Å². The molecule has 1 heterocycles. The van der Waals surface area contributed by atoms with Crippen LogP contribution in [0.2, 0.25) is 0 Å². The summed E-state index contributed by atoms with van der Waals surface area (Å²) in [6.07, 6.45) is 1.46. The van der Waals surface area contributed by atoms with Crippen LogP contribution in [0.15, 0.2) is 66.1 Å². The van der Waals surface area contributed by atoms with E-state index in [9.17, 15) is 18.0 Å². The quantitative estimate of drug-likeness (QED) is 0.645. The maximum atomic E-state index is 12.7. The van der Waals surface area contributed by atoms with E-state index in [4.69, 9.17) is 9.47 Å². The average Bonchev–Trinajstić information content (AvgIpc) is 3.05. The Hall–Kier alpha value is -3.13. The van der Waals surface area contributed by atoms with Gasteiger partial charge in [-0.05, 0) is 42.8 Å². The molecule has 0 saturated heterocycles. The Balaban J connectivity index is 1.61. The number of nitrogens with zero attached hydrogens (tertiary/aromatic N) is 1. The third-order valence-corrected chi connectivity index (χ3v) is 5.63. The monoisotopic (exact) mass is 415 g/mol. The Kier molecular flexibility index (Phi) is 6.33. The fraction of sp³-hybridized carbons (Fsp3) is 0.238. The number of sulfone groups is 1. The first-order valence-electron chi connectivity index (χ1n) is 8.97. The van der Waals surface area contributed by atoms with Crippen LogP contribution < -0.4 is 9.64 Å². The first-order valence-corrected chi connectivity index (χ1v) is 10.7. The summed E-state index contributed by atoms with van der Waals surface area (Å²) in [5.74, 6) is -0.896.